The largest absolute Gasteiger partial charge is 0.359 e. The predicted octanol–water partition coefficient (Wildman–Crippen LogP) is 1.72. The minimum atomic E-state index is 0.127. The lowest BCUT2D eigenvalue weighted by molar-refractivity contribution is -0.124. The molecular weight excluding hydrogens is 138 g/mol. The molecule has 2 heteroatoms. The lowest BCUT2D eigenvalue weighted by Crippen LogP contribution is -2.26. The zero-order chi connectivity index (χ0) is 8.69. The van der Waals surface area contributed by atoms with Gasteiger partial charge in [-0.3, -0.25) is 4.79 Å². The first-order valence-electron chi connectivity index (χ1n) is 4.08. The van der Waals surface area contributed by atoms with E-state index in [4.69, 9.17) is 0 Å². The summed E-state index contributed by atoms with van der Waals surface area (Å²) in [5.74, 6) is 0.259. The van der Waals surface area contributed by atoms with Crippen LogP contribution in [0.4, 0.5) is 0 Å². The van der Waals surface area contributed by atoms with Gasteiger partial charge in [-0.25, -0.2) is 0 Å². The molecule has 1 unspecified atom stereocenters. The molecule has 0 aromatic heterocycles. The number of hydrogen-bond acceptors (Lipinski definition) is 1. The minimum absolute atomic E-state index is 0.127. The summed E-state index contributed by atoms with van der Waals surface area (Å²) in [6, 6.07) is 0. The molecule has 0 aromatic carbocycles. The van der Waals surface area contributed by atoms with E-state index < -0.39 is 0 Å². The van der Waals surface area contributed by atoms with Crippen LogP contribution in [-0.4, -0.2) is 13.0 Å². The Balaban J connectivity index is 3.86. The third kappa shape index (κ3) is 3.81. The number of carbonyl (C=O) groups is 1. The van der Waals surface area contributed by atoms with Crippen LogP contribution in [0, 0.1) is 5.92 Å². The molecule has 0 aliphatic rings. The Labute approximate surface area is 68.7 Å². The Morgan fingerprint density at radius 2 is 2.36 bits per heavy atom. The number of carbonyl (C=O) groups excluding carboxylic acids is 1. The van der Waals surface area contributed by atoms with Gasteiger partial charge in [0.1, 0.15) is 0 Å². The summed E-state index contributed by atoms with van der Waals surface area (Å²) < 4.78 is 0. The SMILES string of the molecule is C=CCC(CCC)C(=O)NC. The second kappa shape index (κ2) is 5.96. The second-order valence-corrected chi connectivity index (χ2v) is 2.62. The molecule has 1 N–H and O–H groups in total. The zero-order valence-electron chi connectivity index (χ0n) is 7.39. The van der Waals surface area contributed by atoms with Crippen molar-refractivity contribution in [2.24, 2.45) is 5.92 Å². The zero-order valence-corrected chi connectivity index (χ0v) is 7.39. The van der Waals surface area contributed by atoms with Gasteiger partial charge >= 0.3 is 0 Å². The fourth-order valence-corrected chi connectivity index (χ4v) is 1.11. The van der Waals surface area contributed by atoms with E-state index in [0.29, 0.717) is 0 Å². The average molecular weight is 155 g/mol. The molecule has 0 radical (unpaired) electrons. The van der Waals surface area contributed by atoms with Gasteiger partial charge in [0.2, 0.25) is 5.91 Å². The van der Waals surface area contributed by atoms with Crippen LogP contribution in [0.2, 0.25) is 0 Å². The van der Waals surface area contributed by atoms with Gasteiger partial charge in [-0.2, -0.15) is 0 Å². The number of nitrogens with one attached hydrogen (secondary N) is 1. The molecule has 0 aliphatic heterocycles. The first kappa shape index (κ1) is 10.2. The standard InChI is InChI=1S/C9H17NO/c1-4-6-8(7-5-2)9(11)10-3/h4,8H,1,5-7H2,2-3H3,(H,10,11). The maximum atomic E-state index is 11.1. The van der Waals surface area contributed by atoms with Crippen LogP contribution in [0.15, 0.2) is 12.7 Å². The summed E-state index contributed by atoms with van der Waals surface area (Å²) in [6.07, 6.45) is 4.58. The number of amides is 1. The van der Waals surface area contributed by atoms with Crippen LogP contribution in [0.25, 0.3) is 0 Å². The lowest BCUT2D eigenvalue weighted by atomic mass is 9.99. The first-order chi connectivity index (χ1) is 5.26. The molecule has 0 bridgehead atoms. The quantitative estimate of drug-likeness (QED) is 0.602. The second-order valence-electron chi connectivity index (χ2n) is 2.62. The van der Waals surface area contributed by atoms with Crippen LogP contribution in [0.3, 0.4) is 0 Å². The maximum absolute atomic E-state index is 11.1. The van der Waals surface area contributed by atoms with Crippen molar-refractivity contribution < 1.29 is 4.79 Å². The van der Waals surface area contributed by atoms with Gasteiger partial charge in [0, 0.05) is 13.0 Å². The van der Waals surface area contributed by atoms with Gasteiger partial charge in [0.25, 0.3) is 0 Å². The molecule has 0 saturated heterocycles. The van der Waals surface area contributed by atoms with Crippen LogP contribution < -0.4 is 5.32 Å². The van der Waals surface area contributed by atoms with Crippen LogP contribution >= 0.6 is 0 Å². The Morgan fingerprint density at radius 1 is 1.73 bits per heavy atom. The molecule has 0 aliphatic carbocycles. The van der Waals surface area contributed by atoms with E-state index in [9.17, 15) is 4.79 Å². The highest BCUT2D eigenvalue weighted by molar-refractivity contribution is 5.78. The summed E-state index contributed by atoms with van der Waals surface area (Å²) in [5, 5.41) is 2.65. The van der Waals surface area contributed by atoms with Crippen LogP contribution in [0.5, 0.6) is 0 Å². The average Bonchev–Trinajstić information content (AvgIpc) is 2.03. The molecule has 0 heterocycles. The van der Waals surface area contributed by atoms with E-state index in [0.717, 1.165) is 19.3 Å². The van der Waals surface area contributed by atoms with Crippen molar-refractivity contribution >= 4 is 5.91 Å². The molecule has 64 valence electrons. The van der Waals surface area contributed by atoms with Crippen molar-refractivity contribution in [1.29, 1.82) is 0 Å². The molecule has 0 fully saturated rings. The lowest BCUT2D eigenvalue weighted by Gasteiger charge is -2.11. The van der Waals surface area contributed by atoms with Crippen molar-refractivity contribution in [3.05, 3.63) is 12.7 Å². The first-order valence-corrected chi connectivity index (χ1v) is 4.08. The molecular formula is C9H17NO. The summed E-state index contributed by atoms with van der Waals surface area (Å²) in [4.78, 5) is 11.1. The van der Waals surface area contributed by atoms with E-state index in [-0.39, 0.29) is 11.8 Å². The van der Waals surface area contributed by atoms with Gasteiger partial charge in [0.05, 0.1) is 0 Å². The van der Waals surface area contributed by atoms with Gasteiger partial charge < -0.3 is 5.32 Å². The smallest absolute Gasteiger partial charge is 0.223 e. The summed E-state index contributed by atoms with van der Waals surface area (Å²) in [5.41, 5.74) is 0. The highest BCUT2D eigenvalue weighted by atomic mass is 16.1. The summed E-state index contributed by atoms with van der Waals surface area (Å²) in [6.45, 7) is 5.70. The van der Waals surface area contributed by atoms with Crippen molar-refractivity contribution in [1.82, 2.24) is 5.32 Å². The Morgan fingerprint density at radius 3 is 2.73 bits per heavy atom. The minimum Gasteiger partial charge on any atom is -0.359 e. The molecule has 0 spiro atoms. The molecule has 0 saturated carbocycles. The van der Waals surface area contributed by atoms with E-state index in [1.807, 2.05) is 0 Å². The molecule has 0 rings (SSSR count). The van der Waals surface area contributed by atoms with Gasteiger partial charge in [-0.1, -0.05) is 19.4 Å². The van der Waals surface area contributed by atoms with E-state index in [1.165, 1.54) is 0 Å². The third-order valence-corrected chi connectivity index (χ3v) is 1.71. The predicted molar refractivity (Wildman–Crippen MR) is 47.3 cm³/mol. The van der Waals surface area contributed by atoms with E-state index >= 15 is 0 Å². The summed E-state index contributed by atoms with van der Waals surface area (Å²) >= 11 is 0. The normalized spacial score (nSPS) is 12.2. The van der Waals surface area contributed by atoms with E-state index in [2.05, 4.69) is 18.8 Å². The maximum Gasteiger partial charge on any atom is 0.223 e. The molecule has 11 heavy (non-hydrogen) atoms. The molecule has 1 atom stereocenters. The van der Waals surface area contributed by atoms with Crippen molar-refractivity contribution in [2.75, 3.05) is 7.05 Å². The van der Waals surface area contributed by atoms with Gasteiger partial charge in [0.15, 0.2) is 0 Å². The number of hydrogen-bond donors (Lipinski definition) is 1. The fraction of sp³-hybridized carbons (Fsp3) is 0.667. The molecule has 1 amide bonds. The van der Waals surface area contributed by atoms with Gasteiger partial charge in [-0.05, 0) is 12.8 Å². The van der Waals surface area contributed by atoms with Gasteiger partial charge in [-0.15, -0.1) is 6.58 Å². The number of rotatable bonds is 5. The highest BCUT2D eigenvalue weighted by Crippen LogP contribution is 2.11. The van der Waals surface area contributed by atoms with E-state index in [1.54, 1.807) is 13.1 Å². The Kier molecular flexibility index (Phi) is 5.53. The monoisotopic (exact) mass is 155 g/mol. The summed E-state index contributed by atoms with van der Waals surface area (Å²) in [7, 11) is 1.67. The molecule has 0 aromatic rings. The van der Waals surface area contributed by atoms with Crippen molar-refractivity contribution in [3.63, 3.8) is 0 Å². The Hall–Kier alpha value is -0.790. The van der Waals surface area contributed by atoms with Crippen LogP contribution in [0.1, 0.15) is 26.2 Å². The van der Waals surface area contributed by atoms with Crippen LogP contribution in [-0.2, 0) is 4.79 Å². The van der Waals surface area contributed by atoms with Crippen molar-refractivity contribution in [2.45, 2.75) is 26.2 Å². The topological polar surface area (TPSA) is 29.1 Å². The molecule has 2 nitrogen and oxygen atoms in total. The highest BCUT2D eigenvalue weighted by Gasteiger charge is 2.13. The number of allylic oxidation sites excluding steroid dienone is 1. The fourth-order valence-electron chi connectivity index (χ4n) is 1.11. The van der Waals surface area contributed by atoms with Crippen molar-refractivity contribution in [3.8, 4) is 0 Å². The third-order valence-electron chi connectivity index (χ3n) is 1.71. The Bertz CT molecular complexity index is 132.